The number of rotatable bonds is 1. The highest BCUT2D eigenvalue weighted by Gasteiger charge is 1.98. The van der Waals surface area contributed by atoms with E-state index in [0.717, 1.165) is 22.4 Å². The van der Waals surface area contributed by atoms with E-state index in [1.54, 1.807) is 6.08 Å². The van der Waals surface area contributed by atoms with Crippen LogP contribution in [0.3, 0.4) is 0 Å². The summed E-state index contributed by atoms with van der Waals surface area (Å²) in [7, 11) is 0. The first-order chi connectivity index (χ1) is 6.15. The van der Waals surface area contributed by atoms with Gasteiger partial charge >= 0.3 is 0 Å². The number of aryl methyl sites for hydroxylation is 2. The first kappa shape index (κ1) is 12.2. The molecule has 0 bridgehead atoms. The van der Waals surface area contributed by atoms with Gasteiger partial charge in [0.05, 0.1) is 6.07 Å². The SMILES string of the molecule is C.Cc1cc(/C=C/C#N)cc(C)c1N. The molecule has 0 radical (unpaired) electrons. The highest BCUT2D eigenvalue weighted by atomic mass is 14.6. The molecule has 0 aliphatic rings. The topological polar surface area (TPSA) is 49.8 Å². The molecule has 0 amide bonds. The van der Waals surface area contributed by atoms with E-state index >= 15 is 0 Å². The molecule has 0 fully saturated rings. The van der Waals surface area contributed by atoms with Crippen molar-refractivity contribution in [2.75, 3.05) is 5.73 Å². The summed E-state index contributed by atoms with van der Waals surface area (Å²) in [5.41, 5.74) is 9.74. The summed E-state index contributed by atoms with van der Waals surface area (Å²) in [6, 6.07) is 5.89. The smallest absolute Gasteiger partial charge is 0.0912 e. The average molecular weight is 188 g/mol. The standard InChI is InChI=1S/C11H12N2.CH4/c1-8-6-10(4-3-5-12)7-9(2)11(8)13;/h3-4,6-7H,13H2,1-2H3;1H4/b4-3+;. The second-order valence-electron chi connectivity index (χ2n) is 3.03. The van der Waals surface area contributed by atoms with Gasteiger partial charge in [0.25, 0.3) is 0 Å². The number of benzene rings is 1. The molecule has 1 aromatic rings. The zero-order chi connectivity index (χ0) is 9.84. The molecule has 0 aliphatic heterocycles. The molecule has 0 heterocycles. The minimum absolute atomic E-state index is 0. The summed E-state index contributed by atoms with van der Waals surface area (Å²) < 4.78 is 0. The predicted molar refractivity (Wildman–Crippen MR) is 61.7 cm³/mol. The Morgan fingerprint density at radius 1 is 1.29 bits per heavy atom. The van der Waals surface area contributed by atoms with Crippen molar-refractivity contribution in [2.45, 2.75) is 21.3 Å². The largest absolute Gasteiger partial charge is 0.398 e. The molecule has 0 aliphatic carbocycles. The van der Waals surface area contributed by atoms with E-state index in [1.165, 1.54) is 6.08 Å². The Kier molecular flexibility index (Phi) is 4.45. The number of allylic oxidation sites excluding steroid dienone is 1. The number of nitrogens with two attached hydrogens (primary N) is 1. The Balaban J connectivity index is 0.00000169. The van der Waals surface area contributed by atoms with Crippen molar-refractivity contribution >= 4 is 11.8 Å². The molecule has 1 aromatic carbocycles. The van der Waals surface area contributed by atoms with Crippen LogP contribution in [0.4, 0.5) is 5.69 Å². The molecule has 2 nitrogen and oxygen atoms in total. The molecule has 0 saturated carbocycles. The van der Waals surface area contributed by atoms with Crippen molar-refractivity contribution in [1.82, 2.24) is 0 Å². The van der Waals surface area contributed by atoms with Crippen LogP contribution in [0.5, 0.6) is 0 Å². The Hall–Kier alpha value is -1.75. The molecule has 0 spiro atoms. The number of nitriles is 1. The lowest BCUT2D eigenvalue weighted by Gasteiger charge is -2.05. The van der Waals surface area contributed by atoms with Gasteiger partial charge in [0.1, 0.15) is 0 Å². The third kappa shape index (κ3) is 2.63. The van der Waals surface area contributed by atoms with Gasteiger partial charge in [0.2, 0.25) is 0 Å². The highest BCUT2D eigenvalue weighted by molar-refractivity contribution is 5.62. The van der Waals surface area contributed by atoms with Gasteiger partial charge in [-0.1, -0.05) is 7.43 Å². The van der Waals surface area contributed by atoms with Crippen molar-refractivity contribution in [3.05, 3.63) is 34.9 Å². The Morgan fingerprint density at radius 3 is 2.21 bits per heavy atom. The van der Waals surface area contributed by atoms with Crippen LogP contribution in [-0.2, 0) is 0 Å². The van der Waals surface area contributed by atoms with Crippen LogP contribution in [0.15, 0.2) is 18.2 Å². The van der Waals surface area contributed by atoms with Crippen LogP contribution in [0.25, 0.3) is 6.08 Å². The van der Waals surface area contributed by atoms with Crippen LogP contribution in [0, 0.1) is 25.2 Å². The Labute approximate surface area is 85.7 Å². The quantitative estimate of drug-likeness (QED) is 0.544. The molecular formula is C12H16N2. The lowest BCUT2D eigenvalue weighted by molar-refractivity contribution is 1.38. The first-order valence-electron chi connectivity index (χ1n) is 4.08. The van der Waals surface area contributed by atoms with Crippen molar-refractivity contribution in [3.8, 4) is 6.07 Å². The summed E-state index contributed by atoms with van der Waals surface area (Å²) in [5.74, 6) is 0. The third-order valence-electron chi connectivity index (χ3n) is 1.97. The zero-order valence-corrected chi connectivity index (χ0v) is 7.83. The van der Waals surface area contributed by atoms with E-state index in [2.05, 4.69) is 0 Å². The first-order valence-corrected chi connectivity index (χ1v) is 4.08. The minimum Gasteiger partial charge on any atom is -0.398 e. The second-order valence-corrected chi connectivity index (χ2v) is 3.03. The fourth-order valence-electron chi connectivity index (χ4n) is 1.24. The van der Waals surface area contributed by atoms with E-state index in [1.807, 2.05) is 32.0 Å². The van der Waals surface area contributed by atoms with Gasteiger partial charge in [-0.3, -0.25) is 0 Å². The number of nitrogen functional groups attached to an aromatic ring is 1. The van der Waals surface area contributed by atoms with Crippen LogP contribution >= 0.6 is 0 Å². The zero-order valence-electron chi connectivity index (χ0n) is 7.83. The van der Waals surface area contributed by atoms with E-state index in [4.69, 9.17) is 11.0 Å². The molecule has 0 unspecified atom stereocenters. The summed E-state index contributed by atoms with van der Waals surface area (Å²) in [6.45, 7) is 3.93. The molecule has 0 saturated heterocycles. The Morgan fingerprint density at radius 2 is 1.79 bits per heavy atom. The minimum atomic E-state index is 0. The van der Waals surface area contributed by atoms with E-state index in [9.17, 15) is 0 Å². The molecule has 2 heteroatoms. The number of anilines is 1. The Bertz CT molecular complexity index is 361. The maximum absolute atomic E-state index is 8.36. The van der Waals surface area contributed by atoms with E-state index in [-0.39, 0.29) is 7.43 Å². The van der Waals surface area contributed by atoms with Crippen LogP contribution in [0.2, 0.25) is 0 Å². The maximum Gasteiger partial charge on any atom is 0.0912 e. The summed E-state index contributed by atoms with van der Waals surface area (Å²) in [6.07, 6.45) is 3.24. The molecule has 0 atom stereocenters. The molecule has 0 aromatic heterocycles. The van der Waals surface area contributed by atoms with Gasteiger partial charge in [-0.15, -0.1) is 0 Å². The monoisotopic (exact) mass is 188 g/mol. The number of nitrogens with zero attached hydrogens (tertiary/aromatic N) is 1. The van der Waals surface area contributed by atoms with Crippen molar-refractivity contribution in [2.24, 2.45) is 0 Å². The summed E-state index contributed by atoms with van der Waals surface area (Å²) in [5, 5.41) is 8.36. The lowest BCUT2D eigenvalue weighted by atomic mass is 10.0. The fourth-order valence-corrected chi connectivity index (χ4v) is 1.24. The summed E-state index contributed by atoms with van der Waals surface area (Å²) in [4.78, 5) is 0. The van der Waals surface area contributed by atoms with Crippen LogP contribution < -0.4 is 5.73 Å². The van der Waals surface area contributed by atoms with Gasteiger partial charge < -0.3 is 5.73 Å². The molecule has 2 N–H and O–H groups in total. The summed E-state index contributed by atoms with van der Waals surface area (Å²) >= 11 is 0. The normalized spacial score (nSPS) is 9.50. The van der Waals surface area contributed by atoms with Crippen molar-refractivity contribution in [1.29, 1.82) is 5.26 Å². The molecule has 1 rings (SSSR count). The average Bonchev–Trinajstić information content (AvgIpc) is 2.10. The third-order valence-corrected chi connectivity index (χ3v) is 1.97. The number of hydrogen-bond donors (Lipinski definition) is 1. The number of hydrogen-bond acceptors (Lipinski definition) is 2. The molecular weight excluding hydrogens is 172 g/mol. The van der Waals surface area contributed by atoms with Gasteiger partial charge in [0, 0.05) is 11.8 Å². The van der Waals surface area contributed by atoms with E-state index < -0.39 is 0 Å². The van der Waals surface area contributed by atoms with Crippen molar-refractivity contribution < 1.29 is 0 Å². The lowest BCUT2D eigenvalue weighted by Crippen LogP contribution is -1.93. The van der Waals surface area contributed by atoms with Gasteiger partial charge in [-0.25, -0.2) is 0 Å². The van der Waals surface area contributed by atoms with E-state index in [0.29, 0.717) is 0 Å². The van der Waals surface area contributed by atoms with Gasteiger partial charge in [-0.2, -0.15) is 5.26 Å². The predicted octanol–water partition coefficient (Wildman–Crippen LogP) is 3.06. The molecule has 74 valence electrons. The maximum atomic E-state index is 8.36. The van der Waals surface area contributed by atoms with Crippen molar-refractivity contribution in [3.63, 3.8) is 0 Å². The molecule has 14 heavy (non-hydrogen) atoms. The fraction of sp³-hybridized carbons (Fsp3) is 0.250. The van der Waals surface area contributed by atoms with Gasteiger partial charge in [0.15, 0.2) is 0 Å². The van der Waals surface area contributed by atoms with Gasteiger partial charge in [-0.05, 0) is 48.7 Å². The van der Waals surface area contributed by atoms with Crippen LogP contribution in [0.1, 0.15) is 24.1 Å². The highest BCUT2D eigenvalue weighted by Crippen LogP contribution is 2.19. The second kappa shape index (κ2) is 5.08. The van der Waals surface area contributed by atoms with Crippen LogP contribution in [-0.4, -0.2) is 0 Å².